The molecule has 4 rings (SSSR count). The second-order valence-corrected chi connectivity index (χ2v) is 6.95. The standard InChI is InChI=1S/C20H19N5O3/c1-12-3-7-14(8-4-12)21-16(26)11-24-18-17(22-23-24)19(27)25(20(18)28)15-9-5-13(2)6-10-15/h3-10,17-18H,11H2,1-2H3,(H,21,26)/t17-,18+/m0/s1. The molecule has 8 nitrogen and oxygen atoms in total. The van der Waals surface area contributed by atoms with Crippen molar-refractivity contribution in [3.63, 3.8) is 0 Å². The number of imide groups is 1. The third-order valence-electron chi connectivity index (χ3n) is 4.79. The highest BCUT2D eigenvalue weighted by Crippen LogP contribution is 2.31. The van der Waals surface area contributed by atoms with Crippen LogP contribution >= 0.6 is 0 Å². The van der Waals surface area contributed by atoms with E-state index in [0.29, 0.717) is 11.4 Å². The lowest BCUT2D eigenvalue weighted by atomic mass is 10.1. The number of rotatable bonds is 4. The fourth-order valence-electron chi connectivity index (χ4n) is 3.29. The summed E-state index contributed by atoms with van der Waals surface area (Å²) in [6.07, 6.45) is 0. The van der Waals surface area contributed by atoms with Crippen molar-refractivity contribution in [2.24, 2.45) is 10.3 Å². The summed E-state index contributed by atoms with van der Waals surface area (Å²) < 4.78 is 0. The number of anilines is 2. The van der Waals surface area contributed by atoms with Gasteiger partial charge in [-0.15, -0.1) is 0 Å². The topological polar surface area (TPSA) is 94.4 Å². The summed E-state index contributed by atoms with van der Waals surface area (Å²) in [5.74, 6) is -1.19. The van der Waals surface area contributed by atoms with Gasteiger partial charge in [-0.1, -0.05) is 40.6 Å². The van der Waals surface area contributed by atoms with Crippen molar-refractivity contribution < 1.29 is 14.4 Å². The Hall–Kier alpha value is -3.55. The van der Waals surface area contributed by atoms with Gasteiger partial charge in [0.1, 0.15) is 6.54 Å². The van der Waals surface area contributed by atoms with E-state index in [1.54, 1.807) is 24.3 Å². The average Bonchev–Trinajstić information content (AvgIpc) is 3.18. The zero-order valence-corrected chi connectivity index (χ0v) is 15.5. The number of benzene rings is 2. The van der Waals surface area contributed by atoms with Crippen LogP contribution < -0.4 is 10.2 Å². The van der Waals surface area contributed by atoms with Crippen LogP contribution in [0.1, 0.15) is 11.1 Å². The molecule has 0 spiro atoms. The summed E-state index contributed by atoms with van der Waals surface area (Å²) in [5, 5.41) is 11.9. The minimum atomic E-state index is -0.916. The highest BCUT2D eigenvalue weighted by molar-refractivity contribution is 6.25. The fourth-order valence-corrected chi connectivity index (χ4v) is 3.29. The van der Waals surface area contributed by atoms with Crippen LogP contribution in [0.3, 0.4) is 0 Å². The molecular weight excluding hydrogens is 358 g/mol. The molecule has 2 aliphatic rings. The van der Waals surface area contributed by atoms with Crippen molar-refractivity contribution in [2.45, 2.75) is 25.9 Å². The Morgan fingerprint density at radius 3 is 2.21 bits per heavy atom. The molecule has 0 aliphatic carbocycles. The van der Waals surface area contributed by atoms with Crippen LogP contribution in [0.15, 0.2) is 58.9 Å². The summed E-state index contributed by atoms with van der Waals surface area (Å²) in [6.45, 7) is 3.72. The van der Waals surface area contributed by atoms with Gasteiger partial charge in [0.25, 0.3) is 11.8 Å². The predicted octanol–water partition coefficient (Wildman–Crippen LogP) is 2.24. The van der Waals surface area contributed by atoms with Gasteiger partial charge >= 0.3 is 0 Å². The van der Waals surface area contributed by atoms with E-state index in [1.807, 2.05) is 38.1 Å². The Bertz CT molecular complexity index is 968. The largest absolute Gasteiger partial charge is 0.324 e. The van der Waals surface area contributed by atoms with Gasteiger partial charge in [-0.05, 0) is 38.1 Å². The Balaban J connectivity index is 1.48. The van der Waals surface area contributed by atoms with E-state index in [-0.39, 0.29) is 12.5 Å². The van der Waals surface area contributed by atoms with E-state index >= 15 is 0 Å². The molecule has 2 aliphatic heterocycles. The molecule has 2 heterocycles. The van der Waals surface area contributed by atoms with Crippen LogP contribution in [0.25, 0.3) is 0 Å². The number of hydrogen-bond acceptors (Lipinski definition) is 6. The highest BCUT2D eigenvalue weighted by Gasteiger charge is 2.55. The van der Waals surface area contributed by atoms with Gasteiger partial charge in [-0.3, -0.25) is 19.4 Å². The summed E-state index contributed by atoms with van der Waals surface area (Å²) in [4.78, 5) is 39.0. The Morgan fingerprint density at radius 1 is 0.964 bits per heavy atom. The van der Waals surface area contributed by atoms with Crippen LogP contribution in [0.2, 0.25) is 0 Å². The number of hydrogen-bond donors (Lipinski definition) is 1. The number of aryl methyl sites for hydroxylation is 2. The number of nitrogens with zero attached hydrogens (tertiary/aromatic N) is 4. The average molecular weight is 377 g/mol. The van der Waals surface area contributed by atoms with Gasteiger partial charge in [0.15, 0.2) is 12.1 Å². The summed E-state index contributed by atoms with van der Waals surface area (Å²) in [7, 11) is 0. The SMILES string of the molecule is Cc1ccc(NC(=O)CN2N=N[C@@H]3C(=O)N(c4ccc(C)cc4)C(=O)[C@@H]32)cc1. The molecule has 0 saturated carbocycles. The minimum Gasteiger partial charge on any atom is -0.324 e. The minimum absolute atomic E-state index is 0.167. The summed E-state index contributed by atoms with van der Waals surface area (Å²) >= 11 is 0. The van der Waals surface area contributed by atoms with Crippen molar-refractivity contribution in [1.29, 1.82) is 0 Å². The van der Waals surface area contributed by atoms with E-state index in [2.05, 4.69) is 15.7 Å². The zero-order valence-electron chi connectivity index (χ0n) is 15.5. The molecule has 1 fully saturated rings. The van der Waals surface area contributed by atoms with Crippen molar-refractivity contribution in [1.82, 2.24) is 5.01 Å². The quantitative estimate of drug-likeness (QED) is 0.827. The first-order chi connectivity index (χ1) is 13.4. The van der Waals surface area contributed by atoms with Gasteiger partial charge in [0.05, 0.1) is 5.69 Å². The Kier molecular flexibility index (Phi) is 4.38. The lowest BCUT2D eigenvalue weighted by Crippen LogP contribution is -2.43. The number of nitrogens with one attached hydrogen (secondary N) is 1. The van der Waals surface area contributed by atoms with Gasteiger partial charge in [0, 0.05) is 5.69 Å². The first-order valence-corrected chi connectivity index (χ1v) is 8.92. The number of carbonyl (C=O) groups is 3. The maximum Gasteiger partial charge on any atom is 0.263 e. The molecule has 142 valence electrons. The van der Waals surface area contributed by atoms with Crippen LogP contribution in [-0.4, -0.2) is 41.4 Å². The van der Waals surface area contributed by atoms with Crippen molar-refractivity contribution in [3.8, 4) is 0 Å². The fraction of sp³-hybridized carbons (Fsp3) is 0.250. The number of amides is 3. The van der Waals surface area contributed by atoms with Gasteiger partial charge < -0.3 is 5.32 Å². The molecular formula is C20H19N5O3. The predicted molar refractivity (Wildman–Crippen MR) is 103 cm³/mol. The van der Waals surface area contributed by atoms with Gasteiger partial charge in [0.2, 0.25) is 5.91 Å². The molecule has 0 bridgehead atoms. The molecule has 2 aromatic carbocycles. The van der Waals surface area contributed by atoms with E-state index in [4.69, 9.17) is 0 Å². The normalized spacial score (nSPS) is 20.6. The molecule has 1 saturated heterocycles. The molecule has 2 atom stereocenters. The molecule has 28 heavy (non-hydrogen) atoms. The van der Waals surface area contributed by atoms with Crippen molar-refractivity contribution in [3.05, 3.63) is 59.7 Å². The zero-order chi connectivity index (χ0) is 19.8. The molecule has 0 aromatic heterocycles. The van der Waals surface area contributed by atoms with Gasteiger partial charge in [-0.25, -0.2) is 4.90 Å². The first-order valence-electron chi connectivity index (χ1n) is 8.92. The summed E-state index contributed by atoms with van der Waals surface area (Å²) in [5.41, 5.74) is 3.25. The third kappa shape index (κ3) is 3.13. The lowest BCUT2D eigenvalue weighted by Gasteiger charge is -2.20. The van der Waals surface area contributed by atoms with Crippen molar-refractivity contribution in [2.75, 3.05) is 16.8 Å². The van der Waals surface area contributed by atoms with Crippen LogP contribution in [0.4, 0.5) is 11.4 Å². The van der Waals surface area contributed by atoms with Crippen molar-refractivity contribution >= 4 is 29.1 Å². The van der Waals surface area contributed by atoms with E-state index < -0.39 is 23.9 Å². The van der Waals surface area contributed by atoms with Crippen LogP contribution in [-0.2, 0) is 14.4 Å². The molecule has 0 unspecified atom stereocenters. The Morgan fingerprint density at radius 2 is 1.57 bits per heavy atom. The molecule has 1 N–H and O–H groups in total. The molecule has 3 amide bonds. The molecule has 2 aromatic rings. The lowest BCUT2D eigenvalue weighted by molar-refractivity contribution is -0.123. The van der Waals surface area contributed by atoms with Gasteiger partial charge in [-0.2, -0.15) is 5.11 Å². The second kappa shape index (κ2) is 6.88. The highest BCUT2D eigenvalue weighted by atomic mass is 16.2. The molecule has 0 radical (unpaired) electrons. The summed E-state index contributed by atoms with van der Waals surface area (Å²) in [6, 6.07) is 12.7. The second-order valence-electron chi connectivity index (χ2n) is 6.95. The third-order valence-corrected chi connectivity index (χ3v) is 4.79. The van der Waals surface area contributed by atoms with E-state index in [9.17, 15) is 14.4 Å². The van der Waals surface area contributed by atoms with Crippen LogP contribution in [0, 0.1) is 13.8 Å². The Labute approximate surface area is 161 Å². The monoisotopic (exact) mass is 377 g/mol. The van der Waals surface area contributed by atoms with Crippen LogP contribution in [0.5, 0.6) is 0 Å². The van der Waals surface area contributed by atoms with E-state index in [0.717, 1.165) is 16.0 Å². The smallest absolute Gasteiger partial charge is 0.263 e. The molecule has 8 heteroatoms. The number of carbonyl (C=O) groups excluding carboxylic acids is 3. The maximum absolute atomic E-state index is 12.9. The maximum atomic E-state index is 12.9. The number of fused-ring (bicyclic) bond motifs is 1. The first kappa shape index (κ1) is 17.8. The van der Waals surface area contributed by atoms with E-state index in [1.165, 1.54) is 5.01 Å².